The molecule has 3 aromatic rings. The van der Waals surface area contributed by atoms with Gasteiger partial charge in [-0.15, -0.1) is 0 Å². The Balaban J connectivity index is 1.82. The third-order valence-corrected chi connectivity index (χ3v) is 18.6. The van der Waals surface area contributed by atoms with Crippen molar-refractivity contribution >= 4 is 31.0 Å². The first-order valence-electron chi connectivity index (χ1n) is 12.4. The summed E-state index contributed by atoms with van der Waals surface area (Å²) < 4.78 is 16.7. The van der Waals surface area contributed by atoms with Gasteiger partial charge in [0.05, 0.1) is 0 Å². The number of benzene rings is 2. The fourth-order valence-electron chi connectivity index (χ4n) is 4.03. The van der Waals surface area contributed by atoms with Gasteiger partial charge in [-0.2, -0.15) is 0 Å². The summed E-state index contributed by atoms with van der Waals surface area (Å²) in [6.45, 7) is 6.85. The van der Waals surface area contributed by atoms with Crippen LogP contribution in [0.3, 0.4) is 0 Å². The number of hydrogen-bond acceptors (Lipinski definition) is 5. The second kappa shape index (κ2) is 13.5. The Hall–Kier alpha value is -2.15. The molecular weight excluding hydrogens is 517 g/mol. The Bertz CT molecular complexity index is 966. The van der Waals surface area contributed by atoms with E-state index in [1.807, 2.05) is 36.4 Å². The second-order valence-electron chi connectivity index (χ2n) is 8.65. The van der Waals surface area contributed by atoms with Crippen LogP contribution in [-0.2, 0) is 0 Å². The van der Waals surface area contributed by atoms with Gasteiger partial charge in [0.15, 0.2) is 0 Å². The van der Waals surface area contributed by atoms with Crippen LogP contribution in [0.1, 0.15) is 64.9 Å². The van der Waals surface area contributed by atoms with Gasteiger partial charge in [-0.05, 0) is 0 Å². The summed E-state index contributed by atoms with van der Waals surface area (Å²) in [5, 5.41) is 8.22. The third-order valence-electron chi connectivity index (χ3n) is 5.95. The summed E-state index contributed by atoms with van der Waals surface area (Å²) in [6, 6.07) is 18.2. The zero-order valence-electron chi connectivity index (χ0n) is 20.3. The molecule has 0 aliphatic carbocycles. The molecule has 0 saturated carbocycles. The summed E-state index contributed by atoms with van der Waals surface area (Å²) in [5.74, 6) is 1.43. The zero-order valence-corrected chi connectivity index (χ0v) is 23.1. The molecule has 0 N–H and O–H groups in total. The van der Waals surface area contributed by atoms with Gasteiger partial charge in [0, 0.05) is 0 Å². The molecule has 1 aromatic heterocycles. The number of para-hydroxylation sites is 1. The van der Waals surface area contributed by atoms with Gasteiger partial charge >= 0.3 is 204 Å². The molecule has 0 aliphatic heterocycles. The minimum atomic E-state index is -2.80. The Morgan fingerprint density at radius 2 is 1.42 bits per heavy atom. The summed E-state index contributed by atoms with van der Waals surface area (Å²) >= 11 is -2.80. The number of unbranched alkanes of at least 4 members (excludes halogenated alkanes) is 3. The zero-order chi connectivity index (χ0) is 23.4. The molecule has 2 aromatic carbocycles. The quantitative estimate of drug-likeness (QED) is 0.149. The molecule has 6 heteroatoms. The Morgan fingerprint density at radius 3 is 2.06 bits per heavy atom. The van der Waals surface area contributed by atoms with Crippen LogP contribution in [0.2, 0.25) is 13.3 Å². The van der Waals surface area contributed by atoms with E-state index in [-0.39, 0.29) is 6.01 Å². The summed E-state index contributed by atoms with van der Waals surface area (Å²) in [6.07, 6.45) is 9.28. The van der Waals surface area contributed by atoms with Crippen molar-refractivity contribution in [3.63, 3.8) is 0 Å². The van der Waals surface area contributed by atoms with E-state index in [2.05, 4.69) is 54.2 Å². The van der Waals surface area contributed by atoms with Gasteiger partial charge in [0.1, 0.15) is 0 Å². The van der Waals surface area contributed by atoms with Gasteiger partial charge in [-0.1, -0.05) is 0 Å². The first kappa shape index (κ1) is 25.5. The SMILES string of the molecule is CCC[CH2][Sn]([CH2]CCC)([CH2]CCC)[O]c1ccccc1/C=N/c1nnc(-c2ccccc2)o1. The van der Waals surface area contributed by atoms with E-state index in [0.29, 0.717) is 5.89 Å². The number of rotatable bonds is 14. The van der Waals surface area contributed by atoms with Crippen LogP contribution in [0.25, 0.3) is 11.5 Å². The number of hydrogen-bond donors (Lipinski definition) is 0. The molecule has 0 bridgehead atoms. The van der Waals surface area contributed by atoms with Gasteiger partial charge in [0.25, 0.3) is 0 Å². The molecule has 0 atom stereocenters. The topological polar surface area (TPSA) is 60.5 Å². The molecule has 0 amide bonds. The van der Waals surface area contributed by atoms with Crippen molar-refractivity contribution in [1.82, 2.24) is 10.2 Å². The average Bonchev–Trinajstić information content (AvgIpc) is 3.34. The minimum absolute atomic E-state index is 0.251. The molecule has 0 radical (unpaired) electrons. The Morgan fingerprint density at radius 1 is 0.818 bits per heavy atom. The first-order chi connectivity index (χ1) is 16.2. The Kier molecular flexibility index (Phi) is 10.4. The molecule has 176 valence electrons. The maximum atomic E-state index is 7.05. The fourth-order valence-corrected chi connectivity index (χ4v) is 17.4. The Labute approximate surface area is 203 Å². The van der Waals surface area contributed by atoms with Crippen molar-refractivity contribution in [3.05, 3.63) is 60.2 Å². The van der Waals surface area contributed by atoms with Crippen LogP contribution in [0, 0.1) is 0 Å². The number of nitrogens with zero attached hydrogens (tertiary/aromatic N) is 3. The molecular formula is C27H37N3O2Sn. The van der Waals surface area contributed by atoms with E-state index in [4.69, 9.17) is 7.49 Å². The van der Waals surface area contributed by atoms with E-state index in [9.17, 15) is 0 Å². The van der Waals surface area contributed by atoms with Gasteiger partial charge in [0.2, 0.25) is 0 Å². The molecule has 3 rings (SSSR count). The summed E-state index contributed by atoms with van der Waals surface area (Å²) in [5.41, 5.74) is 1.86. The summed E-state index contributed by atoms with van der Waals surface area (Å²) in [4.78, 5) is 4.48. The number of aliphatic imine (C=N–C) groups is 1. The van der Waals surface area contributed by atoms with Crippen molar-refractivity contribution in [3.8, 4) is 17.2 Å². The van der Waals surface area contributed by atoms with Gasteiger partial charge < -0.3 is 0 Å². The normalized spacial score (nSPS) is 11.8. The van der Waals surface area contributed by atoms with E-state index in [0.717, 1.165) is 16.9 Å². The molecule has 1 heterocycles. The average molecular weight is 554 g/mol. The van der Waals surface area contributed by atoms with Crippen molar-refractivity contribution in [2.24, 2.45) is 4.99 Å². The predicted octanol–water partition coefficient (Wildman–Crippen LogP) is 8.21. The summed E-state index contributed by atoms with van der Waals surface area (Å²) in [7, 11) is 0. The van der Waals surface area contributed by atoms with E-state index < -0.39 is 18.8 Å². The van der Waals surface area contributed by atoms with Crippen LogP contribution in [-0.4, -0.2) is 35.2 Å². The van der Waals surface area contributed by atoms with E-state index in [1.54, 1.807) is 6.21 Å². The van der Waals surface area contributed by atoms with Crippen molar-refractivity contribution in [1.29, 1.82) is 0 Å². The molecule has 0 spiro atoms. The van der Waals surface area contributed by atoms with Crippen molar-refractivity contribution in [2.45, 2.75) is 72.6 Å². The monoisotopic (exact) mass is 555 g/mol. The fraction of sp³-hybridized carbons (Fsp3) is 0.444. The van der Waals surface area contributed by atoms with Crippen LogP contribution in [0.4, 0.5) is 6.01 Å². The van der Waals surface area contributed by atoms with Crippen LogP contribution in [0.5, 0.6) is 5.75 Å². The van der Waals surface area contributed by atoms with Gasteiger partial charge in [-0.25, -0.2) is 0 Å². The van der Waals surface area contributed by atoms with E-state index >= 15 is 0 Å². The maximum absolute atomic E-state index is 7.05. The molecule has 5 nitrogen and oxygen atoms in total. The molecule has 0 unspecified atom stereocenters. The molecule has 0 aliphatic rings. The second-order valence-corrected chi connectivity index (χ2v) is 20.3. The van der Waals surface area contributed by atoms with Crippen LogP contribution in [0.15, 0.2) is 64.0 Å². The first-order valence-corrected chi connectivity index (χ1v) is 19.6. The third kappa shape index (κ3) is 7.69. The van der Waals surface area contributed by atoms with Crippen molar-refractivity contribution < 1.29 is 7.49 Å². The van der Waals surface area contributed by atoms with Crippen molar-refractivity contribution in [2.75, 3.05) is 0 Å². The molecule has 33 heavy (non-hydrogen) atoms. The number of aromatic nitrogens is 2. The van der Waals surface area contributed by atoms with Crippen LogP contribution < -0.4 is 3.07 Å². The van der Waals surface area contributed by atoms with Crippen LogP contribution >= 0.6 is 0 Å². The molecule has 0 saturated heterocycles. The predicted molar refractivity (Wildman–Crippen MR) is 139 cm³/mol. The van der Waals surface area contributed by atoms with Gasteiger partial charge in [-0.3, -0.25) is 0 Å². The standard InChI is InChI=1S/C15H11N3O2.3C4H9.Sn/c19-13-9-5-4-8-12(13)10-16-15-18-17-14(20-15)11-6-2-1-3-7-11;3*1-3-4-2;/h1-10,19H;3*1,3-4H2,2H3;/q;;;;+1/p-1/b16-10+;;;;. The van der Waals surface area contributed by atoms with E-state index in [1.165, 1.54) is 51.8 Å². The molecule has 0 fully saturated rings.